The normalized spacial score (nSPS) is 19.2. The van der Waals surface area contributed by atoms with Crippen molar-refractivity contribution in [2.45, 2.75) is 45.1 Å². The average Bonchev–Trinajstić information content (AvgIpc) is 3.31. The first-order valence-corrected chi connectivity index (χ1v) is 9.54. The van der Waals surface area contributed by atoms with Gasteiger partial charge in [-0.05, 0) is 50.0 Å². The van der Waals surface area contributed by atoms with Gasteiger partial charge in [-0.1, -0.05) is 12.6 Å². The van der Waals surface area contributed by atoms with Crippen molar-refractivity contribution in [3.63, 3.8) is 0 Å². The average molecular weight is 375 g/mol. The Morgan fingerprint density at radius 2 is 2.04 bits per heavy atom. The van der Waals surface area contributed by atoms with Crippen LogP contribution in [0.15, 0.2) is 24.4 Å². The van der Waals surface area contributed by atoms with E-state index < -0.39 is 11.6 Å². The van der Waals surface area contributed by atoms with Gasteiger partial charge in [0.1, 0.15) is 11.6 Å². The Morgan fingerprint density at radius 3 is 2.77 bits per heavy atom. The molecular formula is C20H23F2N3S. The summed E-state index contributed by atoms with van der Waals surface area (Å²) >= 11 is 5.46. The number of fused-ring (bicyclic) bond motifs is 1. The number of aromatic nitrogens is 2. The highest BCUT2D eigenvalue weighted by Gasteiger charge is 2.31. The van der Waals surface area contributed by atoms with Gasteiger partial charge in [-0.15, -0.1) is 0 Å². The van der Waals surface area contributed by atoms with E-state index in [1.165, 1.54) is 25.0 Å². The van der Waals surface area contributed by atoms with E-state index in [2.05, 4.69) is 16.5 Å². The predicted octanol–water partition coefficient (Wildman–Crippen LogP) is 4.62. The quantitative estimate of drug-likeness (QED) is 0.788. The van der Waals surface area contributed by atoms with Crippen molar-refractivity contribution in [1.82, 2.24) is 14.5 Å². The third kappa shape index (κ3) is 2.90. The summed E-state index contributed by atoms with van der Waals surface area (Å²) in [5.41, 5.74) is 3.83. The fraction of sp³-hybridized carbons (Fsp3) is 0.450. The molecule has 1 saturated heterocycles. The van der Waals surface area contributed by atoms with Crippen LogP contribution >= 0.6 is 12.2 Å². The summed E-state index contributed by atoms with van der Waals surface area (Å²) < 4.78 is 31.5. The molecule has 1 fully saturated rings. The maximum Gasteiger partial charge on any atom is 0.177 e. The number of nitrogens with one attached hydrogen (secondary N) is 1. The van der Waals surface area contributed by atoms with Gasteiger partial charge in [-0.2, -0.15) is 0 Å². The molecule has 138 valence electrons. The molecule has 3 heterocycles. The van der Waals surface area contributed by atoms with Crippen molar-refractivity contribution in [3.05, 3.63) is 63.3 Å². The van der Waals surface area contributed by atoms with E-state index >= 15 is 0 Å². The Hall–Kier alpha value is -1.95. The number of allylic oxidation sites excluding steroid dienone is 1. The molecule has 0 spiro atoms. The van der Waals surface area contributed by atoms with Crippen molar-refractivity contribution in [2.75, 3.05) is 13.1 Å². The number of benzene rings is 1. The fourth-order valence-corrected chi connectivity index (χ4v) is 4.55. The lowest BCUT2D eigenvalue weighted by Crippen LogP contribution is -2.19. The number of hydrogen-bond acceptors (Lipinski definition) is 2. The first-order valence-electron chi connectivity index (χ1n) is 9.13. The van der Waals surface area contributed by atoms with Crippen LogP contribution in [0, 0.1) is 23.3 Å². The maximum atomic E-state index is 14.6. The Labute approximate surface area is 157 Å². The molecule has 2 aliphatic rings. The van der Waals surface area contributed by atoms with Crippen LogP contribution in [-0.4, -0.2) is 27.5 Å². The number of halogens is 2. The van der Waals surface area contributed by atoms with Crippen LogP contribution < -0.4 is 0 Å². The number of nitrogens with zero attached hydrogens (tertiary/aromatic N) is 2. The minimum atomic E-state index is -0.471. The second-order valence-corrected chi connectivity index (χ2v) is 7.78. The van der Waals surface area contributed by atoms with Gasteiger partial charge < -0.3 is 14.5 Å². The summed E-state index contributed by atoms with van der Waals surface area (Å²) in [7, 11) is 0. The molecule has 0 bridgehead atoms. The summed E-state index contributed by atoms with van der Waals surface area (Å²) in [5, 5.41) is 0. The lowest BCUT2D eigenvalue weighted by Gasteiger charge is -2.20. The predicted molar refractivity (Wildman–Crippen MR) is 101 cm³/mol. The topological polar surface area (TPSA) is 24.0 Å². The summed E-state index contributed by atoms with van der Waals surface area (Å²) in [6, 6.07) is 2.85. The molecule has 6 heteroatoms. The molecule has 1 N–H and O–H groups in total. The second-order valence-electron chi connectivity index (χ2n) is 7.40. The van der Waals surface area contributed by atoms with Crippen LogP contribution in [0.5, 0.6) is 0 Å². The first kappa shape index (κ1) is 17.5. The molecular weight excluding hydrogens is 352 g/mol. The van der Waals surface area contributed by atoms with Gasteiger partial charge in [0.15, 0.2) is 4.77 Å². The van der Waals surface area contributed by atoms with Gasteiger partial charge >= 0.3 is 0 Å². The highest BCUT2D eigenvalue weighted by atomic mass is 32.1. The van der Waals surface area contributed by atoms with Crippen LogP contribution in [0.3, 0.4) is 0 Å². The molecule has 4 rings (SSSR count). The van der Waals surface area contributed by atoms with Crippen LogP contribution in [0.4, 0.5) is 8.78 Å². The Kier molecular flexibility index (Phi) is 4.47. The van der Waals surface area contributed by atoms with Gasteiger partial charge in [-0.25, -0.2) is 8.78 Å². The maximum absolute atomic E-state index is 14.6. The third-order valence-corrected chi connectivity index (χ3v) is 6.00. The number of rotatable bonds is 4. The smallest absolute Gasteiger partial charge is 0.177 e. The molecule has 1 atom stereocenters. The summed E-state index contributed by atoms with van der Waals surface area (Å²) in [5.74, 6) is -1.12. The molecule has 2 aromatic rings. The van der Waals surface area contributed by atoms with Crippen molar-refractivity contribution in [3.8, 4) is 0 Å². The van der Waals surface area contributed by atoms with E-state index in [4.69, 9.17) is 12.2 Å². The van der Waals surface area contributed by atoms with Gasteiger partial charge in [0.2, 0.25) is 0 Å². The number of H-pyrrole nitrogens is 1. The number of aryl methyl sites for hydroxylation is 1. The van der Waals surface area contributed by atoms with E-state index in [-0.39, 0.29) is 11.5 Å². The minimum Gasteiger partial charge on any atom is -0.375 e. The summed E-state index contributed by atoms with van der Waals surface area (Å²) in [6.07, 6.45) is 3.71. The van der Waals surface area contributed by atoms with E-state index in [0.717, 1.165) is 30.2 Å². The highest BCUT2D eigenvalue weighted by Crippen LogP contribution is 2.36. The molecule has 3 nitrogen and oxygen atoms in total. The Bertz CT molecular complexity index is 922. The van der Waals surface area contributed by atoms with Crippen LogP contribution in [0.2, 0.25) is 0 Å². The molecule has 1 aromatic heterocycles. The lowest BCUT2D eigenvalue weighted by atomic mass is 9.93. The molecule has 0 radical (unpaired) electrons. The van der Waals surface area contributed by atoms with Crippen LogP contribution in [-0.2, 0) is 19.4 Å². The monoisotopic (exact) mass is 375 g/mol. The zero-order chi connectivity index (χ0) is 18.4. The Balaban J connectivity index is 1.61. The third-order valence-electron chi connectivity index (χ3n) is 5.68. The number of likely N-dealkylation sites (tertiary alicyclic amines) is 1. The minimum absolute atomic E-state index is 0.187. The molecule has 0 unspecified atom stereocenters. The van der Waals surface area contributed by atoms with Crippen molar-refractivity contribution in [1.29, 1.82) is 0 Å². The SMILES string of the molecule is C=C(Cc1[nH]c(=S)n2c1C[C@@H](c1c(F)ccc(C)c1F)C2)N1CCCC1. The van der Waals surface area contributed by atoms with Gasteiger partial charge in [0.25, 0.3) is 0 Å². The number of hydrogen-bond donors (Lipinski definition) is 1. The molecule has 0 aliphatic carbocycles. The van der Waals surface area contributed by atoms with E-state index in [1.54, 1.807) is 6.92 Å². The highest BCUT2D eigenvalue weighted by molar-refractivity contribution is 7.71. The molecule has 0 amide bonds. The zero-order valence-electron chi connectivity index (χ0n) is 14.9. The molecule has 2 aliphatic heterocycles. The molecule has 1 aromatic carbocycles. The summed E-state index contributed by atoms with van der Waals surface area (Å²) in [4.78, 5) is 5.60. The van der Waals surface area contributed by atoms with E-state index in [9.17, 15) is 8.78 Å². The van der Waals surface area contributed by atoms with Crippen molar-refractivity contribution < 1.29 is 8.78 Å². The fourth-order valence-electron chi connectivity index (χ4n) is 4.24. The number of aromatic amines is 1. The van der Waals surface area contributed by atoms with Crippen molar-refractivity contribution in [2.24, 2.45) is 0 Å². The van der Waals surface area contributed by atoms with Crippen molar-refractivity contribution >= 4 is 12.2 Å². The number of imidazole rings is 1. The molecule has 0 saturated carbocycles. The standard InChI is InChI=1S/C20H23F2N3S/c1-12-5-6-15(21)18(19(12)22)14-10-17-16(23-20(26)25(17)11-14)9-13(2)24-7-3-4-8-24/h5-6,14H,2-4,7-11H2,1H3,(H,23,26)/t14-/m1/s1. The van der Waals surface area contributed by atoms with E-state index in [0.29, 0.717) is 29.7 Å². The molecule has 26 heavy (non-hydrogen) atoms. The largest absolute Gasteiger partial charge is 0.375 e. The zero-order valence-corrected chi connectivity index (χ0v) is 15.8. The first-order chi connectivity index (χ1) is 12.5. The van der Waals surface area contributed by atoms with Crippen LogP contribution in [0.25, 0.3) is 0 Å². The van der Waals surface area contributed by atoms with Gasteiger partial charge in [0.05, 0.1) is 0 Å². The second kappa shape index (κ2) is 6.65. The van der Waals surface area contributed by atoms with Crippen LogP contribution in [0.1, 0.15) is 41.3 Å². The van der Waals surface area contributed by atoms with E-state index in [1.807, 2.05) is 4.57 Å². The lowest BCUT2D eigenvalue weighted by molar-refractivity contribution is 0.417. The Morgan fingerprint density at radius 1 is 1.31 bits per heavy atom. The van der Waals surface area contributed by atoms with Gasteiger partial charge in [0, 0.05) is 54.6 Å². The summed E-state index contributed by atoms with van der Waals surface area (Å²) in [6.45, 7) is 8.52. The van der Waals surface area contributed by atoms with Gasteiger partial charge in [-0.3, -0.25) is 0 Å².